The largest absolute Gasteiger partial charge is 0.396 e. The number of aliphatic hydroxyl groups is 1. The first-order valence-corrected chi connectivity index (χ1v) is 4.92. The van der Waals surface area contributed by atoms with Gasteiger partial charge in [-0.3, -0.25) is 0 Å². The Morgan fingerprint density at radius 1 is 1.25 bits per heavy atom. The van der Waals surface area contributed by atoms with Crippen LogP contribution in [-0.4, -0.2) is 23.9 Å². The molecular formula is C10H18O2. The van der Waals surface area contributed by atoms with Gasteiger partial charge in [0.15, 0.2) is 0 Å². The van der Waals surface area contributed by atoms with Gasteiger partial charge in [-0.05, 0) is 44.4 Å². The molecule has 2 fully saturated rings. The van der Waals surface area contributed by atoms with Crippen LogP contribution in [-0.2, 0) is 4.74 Å². The molecule has 2 nitrogen and oxygen atoms in total. The summed E-state index contributed by atoms with van der Waals surface area (Å²) in [5.41, 5.74) is 0.464. The van der Waals surface area contributed by atoms with Gasteiger partial charge in [0.2, 0.25) is 0 Å². The van der Waals surface area contributed by atoms with Crippen LogP contribution in [0.3, 0.4) is 0 Å². The molecular weight excluding hydrogens is 152 g/mol. The Bertz CT molecular complexity index is 169. The lowest BCUT2D eigenvalue weighted by Crippen LogP contribution is -2.31. The molecule has 12 heavy (non-hydrogen) atoms. The van der Waals surface area contributed by atoms with Gasteiger partial charge >= 0.3 is 0 Å². The van der Waals surface area contributed by atoms with Crippen molar-refractivity contribution < 1.29 is 9.84 Å². The molecule has 1 saturated carbocycles. The van der Waals surface area contributed by atoms with Gasteiger partial charge in [0, 0.05) is 6.61 Å². The molecule has 0 amide bonds. The smallest absolute Gasteiger partial charge is 0.0556 e. The zero-order valence-corrected chi connectivity index (χ0v) is 7.92. The summed E-state index contributed by atoms with van der Waals surface area (Å²) in [5.74, 6) is 0.575. The molecule has 3 unspecified atom stereocenters. The van der Waals surface area contributed by atoms with Gasteiger partial charge in [0.1, 0.15) is 0 Å². The number of rotatable bonds is 1. The fourth-order valence-corrected chi connectivity index (χ4v) is 2.91. The molecule has 1 spiro atoms. The van der Waals surface area contributed by atoms with Gasteiger partial charge in [-0.1, -0.05) is 0 Å². The minimum absolute atomic E-state index is 0.374. The monoisotopic (exact) mass is 170 g/mol. The number of hydrogen-bond donors (Lipinski definition) is 1. The van der Waals surface area contributed by atoms with Gasteiger partial charge in [0.05, 0.1) is 12.2 Å². The summed E-state index contributed by atoms with van der Waals surface area (Å²) < 4.78 is 5.67. The van der Waals surface area contributed by atoms with Gasteiger partial charge in [0.25, 0.3) is 0 Å². The van der Waals surface area contributed by atoms with Crippen molar-refractivity contribution in [2.45, 2.75) is 45.3 Å². The Morgan fingerprint density at radius 2 is 1.83 bits per heavy atom. The van der Waals surface area contributed by atoms with Crippen molar-refractivity contribution in [3.63, 3.8) is 0 Å². The van der Waals surface area contributed by atoms with E-state index in [-0.39, 0.29) is 0 Å². The SMILES string of the molecule is CC1CC2(CC(C)O1)CC2CO. The van der Waals surface area contributed by atoms with E-state index in [0.717, 1.165) is 12.8 Å². The van der Waals surface area contributed by atoms with Crippen LogP contribution in [0.2, 0.25) is 0 Å². The lowest BCUT2D eigenvalue weighted by Gasteiger charge is -2.33. The second-order valence-corrected chi connectivity index (χ2v) is 4.61. The van der Waals surface area contributed by atoms with Crippen LogP contribution in [0.4, 0.5) is 0 Å². The molecule has 0 radical (unpaired) electrons. The average molecular weight is 170 g/mol. The maximum Gasteiger partial charge on any atom is 0.0556 e. The average Bonchev–Trinajstić information content (AvgIpc) is 2.59. The third-order valence-electron chi connectivity index (χ3n) is 3.43. The summed E-state index contributed by atoms with van der Waals surface area (Å²) in [4.78, 5) is 0. The van der Waals surface area contributed by atoms with Crippen molar-refractivity contribution in [3.05, 3.63) is 0 Å². The quantitative estimate of drug-likeness (QED) is 0.647. The lowest BCUT2D eigenvalue weighted by atomic mass is 9.87. The molecule has 3 atom stereocenters. The second kappa shape index (κ2) is 2.71. The molecule has 70 valence electrons. The van der Waals surface area contributed by atoms with Gasteiger partial charge in [-0.25, -0.2) is 0 Å². The van der Waals surface area contributed by atoms with Crippen molar-refractivity contribution >= 4 is 0 Å². The predicted octanol–water partition coefficient (Wildman–Crippen LogP) is 1.57. The molecule has 1 heterocycles. The Hall–Kier alpha value is -0.0800. The van der Waals surface area contributed by atoms with Crippen molar-refractivity contribution in [3.8, 4) is 0 Å². The molecule has 2 aliphatic rings. The van der Waals surface area contributed by atoms with E-state index >= 15 is 0 Å². The highest BCUT2D eigenvalue weighted by Crippen LogP contribution is 2.60. The maximum atomic E-state index is 9.06. The van der Waals surface area contributed by atoms with Crippen molar-refractivity contribution in [1.82, 2.24) is 0 Å². The first-order chi connectivity index (χ1) is 5.66. The molecule has 2 heteroatoms. The number of hydrogen-bond acceptors (Lipinski definition) is 2. The molecule has 1 N–H and O–H groups in total. The van der Waals surface area contributed by atoms with E-state index in [2.05, 4.69) is 13.8 Å². The standard InChI is InChI=1S/C10H18O2/c1-7-3-10(4-8(2)12-7)5-9(10)6-11/h7-9,11H,3-6H2,1-2H3. The van der Waals surface area contributed by atoms with Crippen molar-refractivity contribution in [2.24, 2.45) is 11.3 Å². The Labute approximate surface area is 73.9 Å². The van der Waals surface area contributed by atoms with E-state index < -0.39 is 0 Å². The molecule has 2 rings (SSSR count). The lowest BCUT2D eigenvalue weighted by molar-refractivity contribution is -0.0641. The van der Waals surface area contributed by atoms with Crippen LogP contribution in [0, 0.1) is 11.3 Å². The highest BCUT2D eigenvalue weighted by molar-refractivity contribution is 5.05. The summed E-state index contributed by atoms with van der Waals surface area (Å²) in [6.45, 7) is 4.66. The Balaban J connectivity index is 1.99. The summed E-state index contributed by atoms with van der Waals surface area (Å²) in [5, 5.41) is 9.06. The molecule has 0 aromatic carbocycles. The minimum atomic E-state index is 0.374. The minimum Gasteiger partial charge on any atom is -0.396 e. The van der Waals surface area contributed by atoms with Crippen LogP contribution in [0.5, 0.6) is 0 Å². The van der Waals surface area contributed by atoms with Crippen LogP contribution in [0.1, 0.15) is 33.1 Å². The first-order valence-electron chi connectivity index (χ1n) is 4.92. The molecule has 1 aliphatic carbocycles. The fraction of sp³-hybridized carbons (Fsp3) is 1.00. The topological polar surface area (TPSA) is 29.5 Å². The molecule has 1 aliphatic heterocycles. The van der Waals surface area contributed by atoms with Gasteiger partial charge in [-0.2, -0.15) is 0 Å². The maximum absolute atomic E-state index is 9.06. The summed E-state index contributed by atoms with van der Waals surface area (Å²) in [7, 11) is 0. The third kappa shape index (κ3) is 1.27. The van der Waals surface area contributed by atoms with E-state index in [9.17, 15) is 0 Å². The van der Waals surface area contributed by atoms with Crippen molar-refractivity contribution in [2.75, 3.05) is 6.61 Å². The fourth-order valence-electron chi connectivity index (χ4n) is 2.91. The second-order valence-electron chi connectivity index (χ2n) is 4.61. The highest BCUT2D eigenvalue weighted by Gasteiger charge is 2.56. The van der Waals surface area contributed by atoms with E-state index in [0.29, 0.717) is 30.1 Å². The van der Waals surface area contributed by atoms with Crippen LogP contribution in [0.25, 0.3) is 0 Å². The number of aliphatic hydroxyl groups excluding tert-OH is 1. The zero-order valence-electron chi connectivity index (χ0n) is 7.92. The van der Waals surface area contributed by atoms with Crippen LogP contribution < -0.4 is 0 Å². The molecule has 0 bridgehead atoms. The Kier molecular flexibility index (Phi) is 1.92. The third-order valence-corrected chi connectivity index (χ3v) is 3.43. The number of ether oxygens (including phenoxy) is 1. The van der Waals surface area contributed by atoms with Gasteiger partial charge < -0.3 is 9.84 Å². The van der Waals surface area contributed by atoms with E-state index in [1.165, 1.54) is 6.42 Å². The van der Waals surface area contributed by atoms with E-state index in [1.807, 2.05) is 0 Å². The summed E-state index contributed by atoms with van der Waals surface area (Å²) in [6, 6.07) is 0. The zero-order chi connectivity index (χ0) is 8.77. The predicted molar refractivity (Wildman–Crippen MR) is 46.9 cm³/mol. The van der Waals surface area contributed by atoms with Crippen molar-refractivity contribution in [1.29, 1.82) is 0 Å². The molecule has 0 aromatic rings. The van der Waals surface area contributed by atoms with Crippen LogP contribution >= 0.6 is 0 Å². The highest BCUT2D eigenvalue weighted by atomic mass is 16.5. The summed E-state index contributed by atoms with van der Waals surface area (Å²) >= 11 is 0. The molecule has 0 aromatic heterocycles. The Morgan fingerprint density at radius 3 is 2.25 bits per heavy atom. The van der Waals surface area contributed by atoms with Gasteiger partial charge in [-0.15, -0.1) is 0 Å². The van der Waals surface area contributed by atoms with E-state index in [1.54, 1.807) is 0 Å². The summed E-state index contributed by atoms with van der Waals surface area (Å²) in [6.07, 6.45) is 4.32. The van der Waals surface area contributed by atoms with E-state index in [4.69, 9.17) is 9.84 Å². The normalized spacial score (nSPS) is 52.8. The molecule has 1 saturated heterocycles. The first kappa shape index (κ1) is 8.52. The van der Waals surface area contributed by atoms with Crippen LogP contribution in [0.15, 0.2) is 0 Å².